The molecule has 3 rings (SSSR count). The van der Waals surface area contributed by atoms with Crippen LogP contribution in [0.2, 0.25) is 5.02 Å². The molecule has 100 valence electrons. The van der Waals surface area contributed by atoms with Gasteiger partial charge in [-0.05, 0) is 18.9 Å². The molecular weight excluding hydrogens is 275 g/mol. The van der Waals surface area contributed by atoms with E-state index in [2.05, 4.69) is 4.98 Å². The van der Waals surface area contributed by atoms with E-state index < -0.39 is 17.5 Å². The SMILES string of the molecule is Fc1cc(F)c2c(Cl)cc(C3CCCC3)nc2c1F. The van der Waals surface area contributed by atoms with Gasteiger partial charge in [0, 0.05) is 17.7 Å². The average molecular weight is 286 g/mol. The quantitative estimate of drug-likeness (QED) is 0.675. The van der Waals surface area contributed by atoms with E-state index in [4.69, 9.17) is 11.6 Å². The fourth-order valence-electron chi connectivity index (χ4n) is 2.71. The molecule has 0 spiro atoms. The lowest BCUT2D eigenvalue weighted by Gasteiger charge is -2.12. The third-order valence-electron chi connectivity index (χ3n) is 3.67. The summed E-state index contributed by atoms with van der Waals surface area (Å²) in [6, 6.07) is 2.07. The summed E-state index contributed by atoms with van der Waals surface area (Å²) in [5, 5.41) is -0.0642. The third-order valence-corrected chi connectivity index (χ3v) is 3.97. The Kier molecular flexibility index (Phi) is 3.13. The van der Waals surface area contributed by atoms with Gasteiger partial charge in [-0.15, -0.1) is 0 Å². The van der Waals surface area contributed by atoms with Crippen molar-refractivity contribution in [3.8, 4) is 0 Å². The number of hydrogen-bond acceptors (Lipinski definition) is 1. The highest BCUT2D eigenvalue weighted by molar-refractivity contribution is 6.35. The topological polar surface area (TPSA) is 12.9 Å². The maximum absolute atomic E-state index is 13.8. The van der Waals surface area contributed by atoms with Crippen molar-refractivity contribution in [2.45, 2.75) is 31.6 Å². The van der Waals surface area contributed by atoms with Gasteiger partial charge in [-0.1, -0.05) is 24.4 Å². The fraction of sp³-hybridized carbons (Fsp3) is 0.357. The van der Waals surface area contributed by atoms with Crippen molar-refractivity contribution in [2.24, 2.45) is 0 Å². The minimum absolute atomic E-state index is 0.0864. The van der Waals surface area contributed by atoms with Gasteiger partial charge in [0.05, 0.1) is 10.4 Å². The largest absolute Gasteiger partial charge is 0.249 e. The predicted molar refractivity (Wildman–Crippen MR) is 67.8 cm³/mol. The Morgan fingerprint density at radius 2 is 1.74 bits per heavy atom. The van der Waals surface area contributed by atoms with Crippen molar-refractivity contribution in [2.75, 3.05) is 0 Å². The summed E-state index contributed by atoms with van der Waals surface area (Å²) in [6.45, 7) is 0. The zero-order valence-corrected chi connectivity index (χ0v) is 10.8. The molecule has 1 heterocycles. The van der Waals surface area contributed by atoms with Crippen LogP contribution in [0, 0.1) is 17.5 Å². The Bertz CT molecular complexity index is 651. The lowest BCUT2D eigenvalue weighted by Crippen LogP contribution is -2.01. The highest BCUT2D eigenvalue weighted by atomic mass is 35.5. The monoisotopic (exact) mass is 285 g/mol. The molecule has 5 heteroatoms. The van der Waals surface area contributed by atoms with Gasteiger partial charge in [-0.25, -0.2) is 18.2 Å². The Hall–Kier alpha value is -1.29. The van der Waals surface area contributed by atoms with Gasteiger partial charge in [0.1, 0.15) is 11.3 Å². The normalized spacial score (nSPS) is 16.4. The van der Waals surface area contributed by atoms with Crippen molar-refractivity contribution in [1.29, 1.82) is 0 Å². The number of rotatable bonds is 1. The minimum Gasteiger partial charge on any atom is -0.249 e. The lowest BCUT2D eigenvalue weighted by molar-refractivity contribution is 0.503. The number of pyridine rings is 1. The van der Waals surface area contributed by atoms with Crippen LogP contribution in [0.15, 0.2) is 12.1 Å². The Morgan fingerprint density at radius 1 is 1.05 bits per heavy atom. The van der Waals surface area contributed by atoms with Crippen molar-refractivity contribution in [3.05, 3.63) is 40.3 Å². The Morgan fingerprint density at radius 3 is 2.42 bits per heavy atom. The minimum atomic E-state index is -1.24. The Balaban J connectivity index is 2.26. The molecule has 0 radical (unpaired) electrons. The second kappa shape index (κ2) is 4.67. The number of benzene rings is 1. The molecule has 1 saturated carbocycles. The van der Waals surface area contributed by atoms with E-state index in [0.717, 1.165) is 25.7 Å². The summed E-state index contributed by atoms with van der Waals surface area (Å²) in [7, 11) is 0. The zero-order valence-electron chi connectivity index (χ0n) is 10.0. The van der Waals surface area contributed by atoms with Gasteiger partial charge in [0.2, 0.25) is 0 Å². The molecule has 1 aromatic carbocycles. The van der Waals surface area contributed by atoms with E-state index in [9.17, 15) is 13.2 Å². The van der Waals surface area contributed by atoms with Gasteiger partial charge < -0.3 is 0 Å². The van der Waals surface area contributed by atoms with E-state index >= 15 is 0 Å². The van der Waals surface area contributed by atoms with Crippen LogP contribution in [0.4, 0.5) is 13.2 Å². The molecule has 0 N–H and O–H groups in total. The smallest absolute Gasteiger partial charge is 0.185 e. The van der Waals surface area contributed by atoms with Crippen molar-refractivity contribution >= 4 is 22.5 Å². The molecule has 0 aliphatic heterocycles. The first-order valence-corrected chi connectivity index (χ1v) is 6.59. The van der Waals surface area contributed by atoms with Crippen molar-refractivity contribution in [1.82, 2.24) is 4.98 Å². The third kappa shape index (κ3) is 2.08. The summed E-state index contributed by atoms with van der Waals surface area (Å²) in [4.78, 5) is 4.10. The van der Waals surface area contributed by atoms with Crippen LogP contribution in [0.3, 0.4) is 0 Å². The lowest BCUT2D eigenvalue weighted by atomic mass is 10.0. The van der Waals surface area contributed by atoms with Gasteiger partial charge in [-0.3, -0.25) is 0 Å². The Labute approximate surface area is 113 Å². The van der Waals surface area contributed by atoms with Crippen LogP contribution in [-0.4, -0.2) is 4.98 Å². The first-order valence-electron chi connectivity index (χ1n) is 6.21. The summed E-state index contributed by atoms with van der Waals surface area (Å²) in [5.41, 5.74) is 0.311. The first kappa shape index (κ1) is 12.7. The number of halogens is 4. The molecular formula is C14H11ClF3N. The van der Waals surface area contributed by atoms with Gasteiger partial charge >= 0.3 is 0 Å². The van der Waals surface area contributed by atoms with E-state index in [1.807, 2.05) is 0 Å². The number of hydrogen-bond donors (Lipinski definition) is 0. The van der Waals surface area contributed by atoms with Gasteiger partial charge in [0.25, 0.3) is 0 Å². The summed E-state index contributed by atoms with van der Waals surface area (Å²) < 4.78 is 40.7. The second-order valence-electron chi connectivity index (χ2n) is 4.89. The number of aromatic nitrogens is 1. The molecule has 0 saturated heterocycles. The predicted octanol–water partition coefficient (Wildman–Crippen LogP) is 4.96. The number of nitrogens with zero attached hydrogens (tertiary/aromatic N) is 1. The molecule has 1 nitrogen and oxygen atoms in total. The van der Waals surface area contributed by atoms with Gasteiger partial charge in [-0.2, -0.15) is 0 Å². The molecule has 1 aromatic heterocycles. The zero-order chi connectivity index (χ0) is 13.6. The van der Waals surface area contributed by atoms with Crippen molar-refractivity contribution < 1.29 is 13.2 Å². The highest BCUT2D eigenvalue weighted by Gasteiger charge is 2.22. The molecule has 0 bridgehead atoms. The fourth-order valence-corrected chi connectivity index (χ4v) is 3.00. The first-order chi connectivity index (χ1) is 9.08. The molecule has 19 heavy (non-hydrogen) atoms. The second-order valence-corrected chi connectivity index (χ2v) is 5.30. The van der Waals surface area contributed by atoms with E-state index in [1.165, 1.54) is 0 Å². The van der Waals surface area contributed by atoms with Crippen LogP contribution in [0.25, 0.3) is 10.9 Å². The standard InChI is InChI=1S/C14H11ClF3N/c15-8-5-11(7-3-1-2-4-7)19-14-12(8)9(16)6-10(17)13(14)18/h5-7H,1-4H2. The van der Waals surface area contributed by atoms with E-state index in [1.54, 1.807) is 6.07 Å². The van der Waals surface area contributed by atoms with Crippen molar-refractivity contribution in [3.63, 3.8) is 0 Å². The molecule has 0 atom stereocenters. The molecule has 1 fully saturated rings. The van der Waals surface area contributed by atoms with Crippen LogP contribution in [0.5, 0.6) is 0 Å². The molecule has 0 unspecified atom stereocenters. The average Bonchev–Trinajstić information content (AvgIpc) is 2.88. The number of fused-ring (bicyclic) bond motifs is 1. The summed E-state index contributed by atoms with van der Waals surface area (Å²) >= 11 is 6.00. The van der Waals surface area contributed by atoms with Gasteiger partial charge in [0.15, 0.2) is 11.6 Å². The molecule has 2 aromatic rings. The maximum Gasteiger partial charge on any atom is 0.185 e. The maximum atomic E-state index is 13.8. The van der Waals surface area contributed by atoms with Crippen LogP contribution in [-0.2, 0) is 0 Å². The molecule has 1 aliphatic rings. The molecule has 1 aliphatic carbocycles. The van der Waals surface area contributed by atoms with Crippen LogP contribution < -0.4 is 0 Å². The van der Waals surface area contributed by atoms with Crippen LogP contribution in [0.1, 0.15) is 37.3 Å². The summed E-state index contributed by atoms with van der Waals surface area (Å²) in [6.07, 6.45) is 4.08. The highest BCUT2D eigenvalue weighted by Crippen LogP contribution is 2.37. The van der Waals surface area contributed by atoms with E-state index in [-0.39, 0.29) is 21.8 Å². The summed E-state index contributed by atoms with van der Waals surface area (Å²) in [5.74, 6) is -3.06. The van der Waals surface area contributed by atoms with E-state index in [0.29, 0.717) is 11.8 Å². The van der Waals surface area contributed by atoms with Crippen LogP contribution >= 0.6 is 11.6 Å². The molecule has 0 amide bonds.